The second-order valence-corrected chi connectivity index (χ2v) is 6.08. The first-order valence-corrected chi connectivity index (χ1v) is 8.20. The summed E-state index contributed by atoms with van der Waals surface area (Å²) in [5.41, 5.74) is 4.77. The molecule has 0 saturated carbocycles. The lowest BCUT2D eigenvalue weighted by Crippen LogP contribution is -1.89. The van der Waals surface area contributed by atoms with Gasteiger partial charge in [-0.15, -0.1) is 0 Å². The fourth-order valence-electron chi connectivity index (χ4n) is 2.72. The third-order valence-corrected chi connectivity index (χ3v) is 4.20. The average molecular weight is 325 g/mol. The van der Waals surface area contributed by atoms with Gasteiger partial charge >= 0.3 is 0 Å². The molecule has 0 unspecified atom stereocenters. The number of rotatable bonds is 4. The van der Waals surface area contributed by atoms with E-state index >= 15 is 0 Å². The van der Waals surface area contributed by atoms with Gasteiger partial charge in [-0.2, -0.15) is 0 Å². The summed E-state index contributed by atoms with van der Waals surface area (Å²) in [5.74, 6) is -0.157. The molecule has 0 spiro atoms. The second-order valence-electron chi connectivity index (χ2n) is 5.65. The number of aryl methyl sites for hydroxylation is 1. The average Bonchev–Trinajstić information content (AvgIpc) is 2.56. The van der Waals surface area contributed by atoms with Gasteiger partial charge in [0, 0.05) is 10.6 Å². The van der Waals surface area contributed by atoms with Crippen molar-refractivity contribution in [2.24, 2.45) is 0 Å². The van der Waals surface area contributed by atoms with Crippen molar-refractivity contribution in [3.05, 3.63) is 83.1 Å². The van der Waals surface area contributed by atoms with E-state index in [0.717, 1.165) is 40.1 Å². The molecule has 0 radical (unpaired) electrons. The molecule has 0 amide bonds. The molecular formula is C21H18ClF. The van der Waals surface area contributed by atoms with Crippen LogP contribution in [0, 0.1) is 5.82 Å². The van der Waals surface area contributed by atoms with E-state index < -0.39 is 0 Å². The van der Waals surface area contributed by atoms with Gasteiger partial charge in [-0.25, -0.2) is 4.39 Å². The van der Waals surface area contributed by atoms with E-state index in [-0.39, 0.29) is 5.82 Å². The Morgan fingerprint density at radius 3 is 1.91 bits per heavy atom. The van der Waals surface area contributed by atoms with Crippen molar-refractivity contribution in [2.45, 2.75) is 19.8 Å². The number of benzene rings is 3. The van der Waals surface area contributed by atoms with E-state index in [2.05, 4.69) is 6.92 Å². The minimum atomic E-state index is -0.157. The van der Waals surface area contributed by atoms with E-state index in [1.807, 2.05) is 60.7 Å². The Labute approximate surface area is 141 Å². The van der Waals surface area contributed by atoms with E-state index in [0.29, 0.717) is 5.56 Å². The molecule has 3 aromatic carbocycles. The summed E-state index contributed by atoms with van der Waals surface area (Å²) in [7, 11) is 0. The molecule has 0 N–H and O–H groups in total. The van der Waals surface area contributed by atoms with Crippen molar-refractivity contribution >= 4 is 11.6 Å². The fourth-order valence-corrected chi connectivity index (χ4v) is 2.85. The molecule has 0 bridgehead atoms. The van der Waals surface area contributed by atoms with Crippen LogP contribution >= 0.6 is 11.6 Å². The molecule has 0 fully saturated rings. The van der Waals surface area contributed by atoms with Crippen molar-refractivity contribution in [2.75, 3.05) is 0 Å². The topological polar surface area (TPSA) is 0 Å². The Balaban J connectivity index is 1.89. The lowest BCUT2D eigenvalue weighted by Gasteiger charge is -2.08. The smallest absolute Gasteiger partial charge is 0.131 e. The summed E-state index contributed by atoms with van der Waals surface area (Å²) in [5, 5.41) is 0.722. The molecule has 3 aromatic rings. The number of halogens is 2. The molecule has 0 heterocycles. The minimum Gasteiger partial charge on any atom is -0.206 e. The van der Waals surface area contributed by atoms with Crippen LogP contribution in [0.5, 0.6) is 0 Å². The Morgan fingerprint density at radius 2 is 1.35 bits per heavy atom. The molecule has 3 rings (SSSR count). The Bertz CT molecular complexity index is 789. The molecule has 116 valence electrons. The van der Waals surface area contributed by atoms with Gasteiger partial charge in [0.05, 0.1) is 0 Å². The lowest BCUT2D eigenvalue weighted by atomic mass is 9.98. The highest BCUT2D eigenvalue weighted by molar-refractivity contribution is 6.30. The second kappa shape index (κ2) is 6.97. The summed E-state index contributed by atoms with van der Waals surface area (Å²) >= 11 is 5.92. The highest BCUT2D eigenvalue weighted by atomic mass is 35.5. The zero-order valence-corrected chi connectivity index (χ0v) is 13.8. The van der Waals surface area contributed by atoms with Crippen LogP contribution in [0.25, 0.3) is 22.3 Å². The first-order chi connectivity index (χ1) is 11.2. The quantitative estimate of drug-likeness (QED) is 0.497. The van der Waals surface area contributed by atoms with Crippen LogP contribution in [0.4, 0.5) is 4.39 Å². The fraction of sp³-hybridized carbons (Fsp3) is 0.143. The van der Waals surface area contributed by atoms with Gasteiger partial charge in [-0.3, -0.25) is 0 Å². The van der Waals surface area contributed by atoms with Crippen LogP contribution in [0.15, 0.2) is 66.7 Å². The zero-order chi connectivity index (χ0) is 16.2. The van der Waals surface area contributed by atoms with Gasteiger partial charge in [-0.1, -0.05) is 73.5 Å². The summed E-state index contributed by atoms with van der Waals surface area (Å²) < 4.78 is 14.3. The van der Waals surface area contributed by atoms with E-state index in [4.69, 9.17) is 11.6 Å². The molecule has 0 saturated heterocycles. The number of hydrogen-bond acceptors (Lipinski definition) is 0. The molecule has 0 aromatic heterocycles. The first kappa shape index (κ1) is 15.8. The maximum Gasteiger partial charge on any atom is 0.131 e. The summed E-state index contributed by atoms with van der Waals surface area (Å²) in [6.45, 7) is 2.10. The summed E-state index contributed by atoms with van der Waals surface area (Å²) in [6, 6.07) is 21.2. The van der Waals surface area contributed by atoms with Crippen molar-refractivity contribution in [1.82, 2.24) is 0 Å². The van der Waals surface area contributed by atoms with Crippen molar-refractivity contribution < 1.29 is 4.39 Å². The van der Waals surface area contributed by atoms with Crippen molar-refractivity contribution in [1.29, 1.82) is 0 Å². The SMILES string of the molecule is CCCc1ccc(-c2ccc(-c3ccc(Cl)cc3)cc2)c(F)c1. The monoisotopic (exact) mass is 324 g/mol. The molecule has 0 aliphatic heterocycles. The van der Waals surface area contributed by atoms with Gasteiger partial charge in [-0.05, 0) is 46.9 Å². The predicted octanol–water partition coefficient (Wildman–Crippen LogP) is 6.77. The third-order valence-electron chi connectivity index (χ3n) is 3.95. The minimum absolute atomic E-state index is 0.157. The molecule has 23 heavy (non-hydrogen) atoms. The van der Waals surface area contributed by atoms with Crippen LogP contribution in [0.1, 0.15) is 18.9 Å². The molecule has 2 heteroatoms. The van der Waals surface area contributed by atoms with E-state index in [1.54, 1.807) is 6.07 Å². The molecule has 0 aliphatic carbocycles. The standard InChI is InChI=1S/C21H18ClF/c1-2-3-15-4-13-20(21(23)14-15)18-7-5-16(6-8-18)17-9-11-19(22)12-10-17/h4-14H,2-3H2,1H3. The summed E-state index contributed by atoms with van der Waals surface area (Å²) in [4.78, 5) is 0. The largest absolute Gasteiger partial charge is 0.206 e. The zero-order valence-electron chi connectivity index (χ0n) is 13.0. The van der Waals surface area contributed by atoms with Crippen LogP contribution in [0.3, 0.4) is 0 Å². The molecule has 0 atom stereocenters. The van der Waals surface area contributed by atoms with E-state index in [9.17, 15) is 4.39 Å². The van der Waals surface area contributed by atoms with Gasteiger partial charge < -0.3 is 0 Å². The highest BCUT2D eigenvalue weighted by Gasteiger charge is 2.07. The van der Waals surface area contributed by atoms with Gasteiger partial charge in [0.15, 0.2) is 0 Å². The lowest BCUT2D eigenvalue weighted by molar-refractivity contribution is 0.628. The van der Waals surface area contributed by atoms with Crippen LogP contribution in [-0.4, -0.2) is 0 Å². The van der Waals surface area contributed by atoms with Crippen LogP contribution < -0.4 is 0 Å². The Morgan fingerprint density at radius 1 is 0.783 bits per heavy atom. The van der Waals surface area contributed by atoms with Gasteiger partial charge in [0.1, 0.15) is 5.82 Å². The van der Waals surface area contributed by atoms with Crippen LogP contribution in [0.2, 0.25) is 5.02 Å². The Kier molecular flexibility index (Phi) is 4.78. The molecule has 0 aliphatic rings. The first-order valence-electron chi connectivity index (χ1n) is 7.82. The third kappa shape index (κ3) is 3.62. The maximum atomic E-state index is 14.3. The summed E-state index contributed by atoms with van der Waals surface area (Å²) in [6.07, 6.45) is 1.93. The normalized spacial score (nSPS) is 10.7. The number of hydrogen-bond donors (Lipinski definition) is 0. The maximum absolute atomic E-state index is 14.3. The van der Waals surface area contributed by atoms with E-state index in [1.165, 1.54) is 0 Å². The molecule has 0 nitrogen and oxygen atoms in total. The highest BCUT2D eigenvalue weighted by Crippen LogP contribution is 2.28. The van der Waals surface area contributed by atoms with Gasteiger partial charge in [0.2, 0.25) is 0 Å². The Hall–Kier alpha value is -2.12. The van der Waals surface area contributed by atoms with Crippen molar-refractivity contribution in [3.63, 3.8) is 0 Å². The predicted molar refractivity (Wildman–Crippen MR) is 96.3 cm³/mol. The van der Waals surface area contributed by atoms with Gasteiger partial charge in [0.25, 0.3) is 0 Å². The molecular weight excluding hydrogens is 307 g/mol. The van der Waals surface area contributed by atoms with Crippen LogP contribution in [-0.2, 0) is 6.42 Å². The van der Waals surface area contributed by atoms with Crippen molar-refractivity contribution in [3.8, 4) is 22.3 Å².